The van der Waals surface area contributed by atoms with Crippen molar-refractivity contribution in [2.45, 2.75) is 31.2 Å². The first-order chi connectivity index (χ1) is 5.39. The molecule has 1 saturated carbocycles. The Morgan fingerprint density at radius 1 is 1.58 bits per heavy atom. The van der Waals surface area contributed by atoms with Crippen LogP contribution >= 0.6 is 0 Å². The van der Waals surface area contributed by atoms with Gasteiger partial charge in [0.05, 0.1) is 12.1 Å². The molecule has 70 valence electrons. The summed E-state index contributed by atoms with van der Waals surface area (Å²) in [5, 5.41) is 11.1. The summed E-state index contributed by atoms with van der Waals surface area (Å²) in [6.45, 7) is 0.816. The van der Waals surface area contributed by atoms with E-state index in [0.717, 1.165) is 0 Å². The van der Waals surface area contributed by atoms with Gasteiger partial charge in [-0.1, -0.05) is 0 Å². The average Bonchev–Trinajstić information content (AvgIpc) is 1.81. The van der Waals surface area contributed by atoms with Crippen molar-refractivity contribution in [1.82, 2.24) is 5.32 Å². The topological polar surface area (TPSA) is 49.3 Å². The molecule has 0 saturated heterocycles. The fourth-order valence-electron chi connectivity index (χ4n) is 1.55. The molecule has 0 aromatic heterocycles. The van der Waals surface area contributed by atoms with Crippen LogP contribution in [0.5, 0.6) is 0 Å². The Balaban J connectivity index is 2.53. The Morgan fingerprint density at radius 3 is 2.33 bits per heavy atom. The molecule has 1 fully saturated rings. The lowest BCUT2D eigenvalue weighted by atomic mass is 9.74. The molecule has 0 unspecified atom stereocenters. The SMILES string of the molecule is CC(=O)NC1(CO)CC(F)(F)C1. The summed E-state index contributed by atoms with van der Waals surface area (Å²) in [6, 6.07) is 0. The summed E-state index contributed by atoms with van der Waals surface area (Å²) < 4.78 is 24.8. The molecule has 0 bridgehead atoms. The summed E-state index contributed by atoms with van der Waals surface area (Å²) in [5.41, 5.74) is -1.07. The van der Waals surface area contributed by atoms with E-state index in [1.54, 1.807) is 0 Å². The van der Waals surface area contributed by atoms with Crippen LogP contribution in [0.3, 0.4) is 0 Å². The number of nitrogens with one attached hydrogen (secondary N) is 1. The minimum atomic E-state index is -2.73. The van der Waals surface area contributed by atoms with Crippen molar-refractivity contribution in [3.05, 3.63) is 0 Å². The van der Waals surface area contributed by atoms with Gasteiger partial charge >= 0.3 is 0 Å². The number of aliphatic hydroxyl groups excluding tert-OH is 1. The Bertz CT molecular complexity index is 198. The highest BCUT2D eigenvalue weighted by atomic mass is 19.3. The molecule has 0 aromatic carbocycles. The standard InChI is InChI=1S/C7H11F2NO2/c1-5(12)10-6(4-11)2-7(8,9)3-6/h11H,2-4H2,1H3,(H,10,12). The van der Waals surface area contributed by atoms with Gasteiger partial charge in [0.15, 0.2) is 0 Å². The van der Waals surface area contributed by atoms with Gasteiger partial charge in [-0.25, -0.2) is 8.78 Å². The van der Waals surface area contributed by atoms with E-state index in [4.69, 9.17) is 5.11 Å². The predicted octanol–water partition coefficient (Wildman–Crippen LogP) is 0.283. The summed E-state index contributed by atoms with van der Waals surface area (Å²) in [6.07, 6.45) is -0.924. The van der Waals surface area contributed by atoms with Gasteiger partial charge in [0, 0.05) is 19.8 Å². The van der Waals surface area contributed by atoms with Crippen LogP contribution in [0.2, 0.25) is 0 Å². The third-order valence-electron chi connectivity index (χ3n) is 1.94. The molecule has 0 aromatic rings. The molecule has 12 heavy (non-hydrogen) atoms. The lowest BCUT2D eigenvalue weighted by Crippen LogP contribution is -2.64. The molecular formula is C7H11F2NO2. The molecule has 5 heteroatoms. The van der Waals surface area contributed by atoms with Crippen LogP contribution in [0.1, 0.15) is 19.8 Å². The molecule has 0 spiro atoms. The number of amides is 1. The van der Waals surface area contributed by atoms with Gasteiger partial charge in [-0.05, 0) is 0 Å². The second-order valence-corrected chi connectivity index (χ2v) is 3.33. The first-order valence-electron chi connectivity index (χ1n) is 3.67. The number of carbonyl (C=O) groups is 1. The first-order valence-corrected chi connectivity index (χ1v) is 3.67. The second-order valence-electron chi connectivity index (χ2n) is 3.33. The molecule has 0 radical (unpaired) electrons. The first kappa shape index (κ1) is 9.38. The minimum absolute atomic E-state index is 0.389. The Labute approximate surface area is 68.8 Å². The normalized spacial score (nSPS) is 24.3. The van der Waals surface area contributed by atoms with Crippen molar-refractivity contribution >= 4 is 5.91 Å². The summed E-state index contributed by atoms with van der Waals surface area (Å²) in [7, 11) is 0. The Hall–Kier alpha value is -0.710. The fraction of sp³-hybridized carbons (Fsp3) is 0.857. The molecule has 1 amide bonds. The van der Waals surface area contributed by atoms with E-state index in [1.807, 2.05) is 0 Å². The van der Waals surface area contributed by atoms with Crippen LogP contribution in [0.15, 0.2) is 0 Å². The van der Waals surface area contributed by atoms with E-state index in [1.165, 1.54) is 6.92 Å². The molecule has 1 aliphatic rings. The van der Waals surface area contributed by atoms with Gasteiger partial charge < -0.3 is 10.4 Å². The third kappa shape index (κ3) is 1.72. The third-order valence-corrected chi connectivity index (χ3v) is 1.94. The number of aliphatic hydroxyl groups is 1. The zero-order valence-electron chi connectivity index (χ0n) is 6.73. The molecule has 1 rings (SSSR count). The summed E-state index contributed by atoms with van der Waals surface area (Å²) in [5.74, 6) is -3.12. The predicted molar refractivity (Wildman–Crippen MR) is 37.8 cm³/mol. The van der Waals surface area contributed by atoms with Crippen molar-refractivity contribution in [1.29, 1.82) is 0 Å². The maximum atomic E-state index is 12.4. The monoisotopic (exact) mass is 179 g/mol. The van der Waals surface area contributed by atoms with Crippen LogP contribution < -0.4 is 5.32 Å². The number of alkyl halides is 2. The van der Waals surface area contributed by atoms with Crippen molar-refractivity contribution in [2.75, 3.05) is 6.61 Å². The minimum Gasteiger partial charge on any atom is -0.394 e. The molecule has 0 heterocycles. The van der Waals surface area contributed by atoms with Crippen LogP contribution in [-0.2, 0) is 4.79 Å². The Kier molecular flexibility index (Phi) is 2.07. The van der Waals surface area contributed by atoms with Gasteiger partial charge in [0.1, 0.15) is 0 Å². The largest absolute Gasteiger partial charge is 0.394 e. The van der Waals surface area contributed by atoms with E-state index in [-0.39, 0.29) is 5.91 Å². The summed E-state index contributed by atoms with van der Waals surface area (Å²) >= 11 is 0. The fourth-order valence-corrected chi connectivity index (χ4v) is 1.55. The highest BCUT2D eigenvalue weighted by Gasteiger charge is 2.56. The van der Waals surface area contributed by atoms with Crippen molar-refractivity contribution < 1.29 is 18.7 Å². The van der Waals surface area contributed by atoms with Gasteiger partial charge in [-0.3, -0.25) is 4.79 Å². The molecule has 0 atom stereocenters. The van der Waals surface area contributed by atoms with E-state index < -0.39 is 30.9 Å². The van der Waals surface area contributed by atoms with E-state index >= 15 is 0 Å². The Morgan fingerprint density at radius 2 is 2.08 bits per heavy atom. The highest BCUT2D eigenvalue weighted by molar-refractivity contribution is 5.74. The number of hydrogen-bond acceptors (Lipinski definition) is 2. The zero-order chi connectivity index (χ0) is 9.41. The van der Waals surface area contributed by atoms with Crippen LogP contribution in [0, 0.1) is 0 Å². The van der Waals surface area contributed by atoms with Crippen LogP contribution in [0.4, 0.5) is 8.78 Å². The van der Waals surface area contributed by atoms with E-state index in [9.17, 15) is 13.6 Å². The quantitative estimate of drug-likeness (QED) is 0.639. The molecule has 2 N–H and O–H groups in total. The number of halogens is 2. The maximum absolute atomic E-state index is 12.4. The lowest BCUT2D eigenvalue weighted by Gasteiger charge is -2.46. The van der Waals surface area contributed by atoms with Crippen LogP contribution in [0.25, 0.3) is 0 Å². The van der Waals surface area contributed by atoms with Crippen molar-refractivity contribution in [2.24, 2.45) is 0 Å². The summed E-state index contributed by atoms with van der Waals surface area (Å²) in [4.78, 5) is 10.6. The maximum Gasteiger partial charge on any atom is 0.252 e. The molecular weight excluding hydrogens is 168 g/mol. The van der Waals surface area contributed by atoms with Gasteiger partial charge in [-0.15, -0.1) is 0 Å². The average molecular weight is 179 g/mol. The van der Waals surface area contributed by atoms with E-state index in [0.29, 0.717) is 0 Å². The zero-order valence-corrected chi connectivity index (χ0v) is 6.73. The molecule has 3 nitrogen and oxygen atoms in total. The lowest BCUT2D eigenvalue weighted by molar-refractivity contribution is -0.155. The smallest absolute Gasteiger partial charge is 0.252 e. The van der Waals surface area contributed by atoms with E-state index in [2.05, 4.69) is 5.32 Å². The van der Waals surface area contributed by atoms with Gasteiger partial charge in [-0.2, -0.15) is 0 Å². The van der Waals surface area contributed by atoms with Gasteiger partial charge in [0.25, 0.3) is 5.92 Å². The molecule has 1 aliphatic carbocycles. The molecule has 0 aliphatic heterocycles. The highest BCUT2D eigenvalue weighted by Crippen LogP contribution is 2.45. The van der Waals surface area contributed by atoms with Crippen molar-refractivity contribution in [3.63, 3.8) is 0 Å². The number of rotatable bonds is 2. The second kappa shape index (κ2) is 2.65. The van der Waals surface area contributed by atoms with Crippen LogP contribution in [-0.4, -0.2) is 29.1 Å². The number of hydrogen-bond donors (Lipinski definition) is 2. The van der Waals surface area contributed by atoms with Gasteiger partial charge in [0.2, 0.25) is 5.91 Å². The van der Waals surface area contributed by atoms with Crippen molar-refractivity contribution in [3.8, 4) is 0 Å². The number of carbonyl (C=O) groups excluding carboxylic acids is 1.